The zero-order valence-electron chi connectivity index (χ0n) is 16.1. The van der Waals surface area contributed by atoms with E-state index in [4.69, 9.17) is 0 Å². The number of hydrogen-bond donors (Lipinski definition) is 1. The summed E-state index contributed by atoms with van der Waals surface area (Å²) in [7, 11) is 0. The summed E-state index contributed by atoms with van der Waals surface area (Å²) in [6.07, 6.45) is 1.66. The van der Waals surface area contributed by atoms with Crippen LogP contribution in [0.15, 0.2) is 42.6 Å². The summed E-state index contributed by atoms with van der Waals surface area (Å²) >= 11 is 0. The normalized spacial score (nSPS) is 16.0. The minimum absolute atomic E-state index is 0.0187. The fourth-order valence-electron chi connectivity index (χ4n) is 3.96. The maximum atomic E-state index is 13.7. The molecule has 0 spiro atoms. The largest absolute Gasteiger partial charge is 0.417 e. The molecule has 3 rings (SSSR count). The Balaban J connectivity index is 2.01. The Morgan fingerprint density at radius 2 is 1.75 bits per heavy atom. The molecule has 0 unspecified atom stereocenters. The molecule has 0 saturated heterocycles. The molecule has 0 bridgehead atoms. The molecule has 1 saturated carbocycles. The summed E-state index contributed by atoms with van der Waals surface area (Å²) in [5.41, 5.74) is -0.923. The number of alkyl halides is 3. The summed E-state index contributed by atoms with van der Waals surface area (Å²) in [5.74, 6) is -0.723. The summed E-state index contributed by atoms with van der Waals surface area (Å²) in [4.78, 5) is 17.4. The highest BCUT2D eigenvalue weighted by molar-refractivity contribution is 5.98. The molecule has 0 radical (unpaired) electrons. The number of aromatic nitrogens is 1. The number of amides is 1. The van der Waals surface area contributed by atoms with Gasteiger partial charge in [-0.15, -0.1) is 0 Å². The molecule has 150 valence electrons. The third-order valence-corrected chi connectivity index (χ3v) is 5.41. The molecule has 28 heavy (non-hydrogen) atoms. The van der Waals surface area contributed by atoms with E-state index in [0.717, 1.165) is 38.2 Å². The van der Waals surface area contributed by atoms with E-state index in [-0.39, 0.29) is 11.5 Å². The molecule has 6 heteroatoms. The van der Waals surface area contributed by atoms with Gasteiger partial charge in [0.25, 0.3) is 5.91 Å². The van der Waals surface area contributed by atoms with Crippen molar-refractivity contribution in [1.82, 2.24) is 10.3 Å². The van der Waals surface area contributed by atoms with Crippen LogP contribution in [0, 0.1) is 0 Å². The maximum Gasteiger partial charge on any atom is 0.417 e. The minimum atomic E-state index is -4.59. The smallest absolute Gasteiger partial charge is 0.341 e. The predicted octanol–water partition coefficient (Wildman–Crippen LogP) is 5.81. The summed E-state index contributed by atoms with van der Waals surface area (Å²) in [5, 5.41) is 2.78. The van der Waals surface area contributed by atoms with Crippen molar-refractivity contribution >= 4 is 5.91 Å². The van der Waals surface area contributed by atoms with Crippen LogP contribution in [0.2, 0.25) is 0 Å². The molecule has 2 aromatic rings. The van der Waals surface area contributed by atoms with Gasteiger partial charge < -0.3 is 5.32 Å². The Kier molecular flexibility index (Phi) is 5.77. The number of hydrogen-bond acceptors (Lipinski definition) is 2. The van der Waals surface area contributed by atoms with Crippen LogP contribution in [0.4, 0.5) is 13.2 Å². The Morgan fingerprint density at radius 1 is 1.04 bits per heavy atom. The molecule has 1 fully saturated rings. The molecule has 1 N–H and O–H groups in total. The Hall–Kier alpha value is -2.37. The highest BCUT2D eigenvalue weighted by atomic mass is 19.4. The lowest BCUT2D eigenvalue weighted by Gasteiger charge is -2.29. The van der Waals surface area contributed by atoms with Crippen LogP contribution < -0.4 is 5.32 Å². The molecule has 1 aromatic carbocycles. The molecular formula is C22H25F3N2O. The van der Waals surface area contributed by atoms with Crippen LogP contribution in [-0.4, -0.2) is 10.9 Å². The van der Waals surface area contributed by atoms with Gasteiger partial charge in [-0.25, -0.2) is 0 Å². The summed E-state index contributed by atoms with van der Waals surface area (Å²) in [6.45, 7) is 3.48. The number of nitrogens with one attached hydrogen (secondary N) is 1. The molecular weight excluding hydrogens is 365 g/mol. The third kappa shape index (κ3) is 4.37. The lowest BCUT2D eigenvalue weighted by molar-refractivity contribution is -0.138. The minimum Gasteiger partial charge on any atom is -0.341 e. The van der Waals surface area contributed by atoms with Gasteiger partial charge in [0.15, 0.2) is 0 Å². The molecule has 1 heterocycles. The van der Waals surface area contributed by atoms with Crippen molar-refractivity contribution in [2.24, 2.45) is 0 Å². The fourth-order valence-corrected chi connectivity index (χ4v) is 3.96. The Bertz CT molecular complexity index is 825. The van der Waals surface area contributed by atoms with Crippen molar-refractivity contribution in [3.63, 3.8) is 0 Å². The van der Waals surface area contributed by atoms with Crippen LogP contribution in [0.25, 0.3) is 0 Å². The van der Waals surface area contributed by atoms with E-state index >= 15 is 0 Å². The molecule has 1 amide bonds. The van der Waals surface area contributed by atoms with Crippen molar-refractivity contribution in [3.8, 4) is 0 Å². The highest BCUT2D eigenvalue weighted by Crippen LogP contribution is 2.40. The number of benzene rings is 1. The predicted molar refractivity (Wildman–Crippen MR) is 102 cm³/mol. The number of rotatable bonds is 4. The van der Waals surface area contributed by atoms with Crippen LogP contribution in [0.5, 0.6) is 0 Å². The van der Waals surface area contributed by atoms with E-state index in [9.17, 15) is 18.0 Å². The van der Waals surface area contributed by atoms with E-state index in [1.54, 1.807) is 44.3 Å². The number of nitrogens with zero attached hydrogens (tertiary/aromatic N) is 1. The van der Waals surface area contributed by atoms with E-state index < -0.39 is 23.2 Å². The molecule has 0 aliphatic heterocycles. The summed E-state index contributed by atoms with van der Waals surface area (Å²) in [6, 6.07) is 9.36. The van der Waals surface area contributed by atoms with Gasteiger partial charge in [0.1, 0.15) is 0 Å². The van der Waals surface area contributed by atoms with Gasteiger partial charge in [-0.05, 0) is 56.4 Å². The van der Waals surface area contributed by atoms with Gasteiger partial charge in [-0.2, -0.15) is 13.2 Å². The highest BCUT2D eigenvalue weighted by Gasteiger charge is 2.38. The third-order valence-electron chi connectivity index (χ3n) is 5.41. The van der Waals surface area contributed by atoms with Crippen molar-refractivity contribution in [1.29, 1.82) is 0 Å². The first-order valence-electron chi connectivity index (χ1n) is 9.64. The second-order valence-electron chi connectivity index (χ2n) is 7.90. The van der Waals surface area contributed by atoms with E-state index in [1.807, 2.05) is 0 Å². The van der Waals surface area contributed by atoms with Crippen LogP contribution in [0.3, 0.4) is 0 Å². The average molecular weight is 390 g/mol. The van der Waals surface area contributed by atoms with Gasteiger partial charge >= 0.3 is 6.18 Å². The molecule has 0 atom stereocenters. The van der Waals surface area contributed by atoms with Gasteiger partial charge in [0.2, 0.25) is 0 Å². The Labute approximate surface area is 163 Å². The molecule has 3 nitrogen and oxygen atoms in total. The first kappa shape index (κ1) is 20.4. The van der Waals surface area contributed by atoms with Crippen molar-refractivity contribution in [2.75, 3.05) is 0 Å². The van der Waals surface area contributed by atoms with Gasteiger partial charge in [0, 0.05) is 6.20 Å². The van der Waals surface area contributed by atoms with Crippen molar-refractivity contribution in [3.05, 3.63) is 65.0 Å². The van der Waals surface area contributed by atoms with Crippen LogP contribution >= 0.6 is 0 Å². The van der Waals surface area contributed by atoms with Crippen molar-refractivity contribution < 1.29 is 18.0 Å². The lowest BCUT2D eigenvalue weighted by Crippen LogP contribution is -2.42. The molecule has 1 aliphatic rings. The number of carbonyl (C=O) groups excluding carboxylic acids is 1. The monoisotopic (exact) mass is 390 g/mol. The second kappa shape index (κ2) is 7.94. The first-order valence-corrected chi connectivity index (χ1v) is 9.64. The first-order chi connectivity index (χ1) is 13.2. The molecule has 1 aliphatic carbocycles. The van der Waals surface area contributed by atoms with Crippen LogP contribution in [0.1, 0.15) is 79.0 Å². The zero-order valence-corrected chi connectivity index (χ0v) is 16.1. The van der Waals surface area contributed by atoms with E-state index in [1.165, 1.54) is 6.07 Å². The van der Waals surface area contributed by atoms with E-state index in [0.29, 0.717) is 11.3 Å². The summed E-state index contributed by atoms with van der Waals surface area (Å²) < 4.78 is 41.2. The quantitative estimate of drug-likeness (QED) is 0.715. The molecule has 1 aromatic heterocycles. The van der Waals surface area contributed by atoms with Gasteiger partial charge in [-0.1, -0.05) is 37.5 Å². The zero-order chi connectivity index (χ0) is 20.4. The van der Waals surface area contributed by atoms with Gasteiger partial charge in [-0.3, -0.25) is 9.78 Å². The lowest BCUT2D eigenvalue weighted by atomic mass is 9.80. The standard InChI is InChI=1S/C22H25F3N2O/c1-21(2,18-13-6-7-14-26-18)27-20(28)19-16(15-9-4-3-5-10-15)11-8-12-17(19)22(23,24)25/h6-8,11-15H,3-5,9-10H2,1-2H3,(H,27,28). The van der Waals surface area contributed by atoms with Crippen molar-refractivity contribution in [2.45, 2.75) is 63.6 Å². The maximum absolute atomic E-state index is 13.7. The van der Waals surface area contributed by atoms with Crippen LogP contribution in [-0.2, 0) is 11.7 Å². The van der Waals surface area contributed by atoms with Gasteiger partial charge in [0.05, 0.1) is 22.4 Å². The number of halogens is 3. The SMILES string of the molecule is CC(C)(NC(=O)c1c(C2CCCCC2)cccc1C(F)(F)F)c1ccccn1. The Morgan fingerprint density at radius 3 is 2.36 bits per heavy atom. The number of carbonyl (C=O) groups is 1. The fraction of sp³-hybridized carbons (Fsp3) is 0.455. The average Bonchev–Trinajstić information content (AvgIpc) is 2.68. The number of pyridine rings is 1. The van der Waals surface area contributed by atoms with E-state index in [2.05, 4.69) is 10.3 Å². The topological polar surface area (TPSA) is 42.0 Å². The second-order valence-corrected chi connectivity index (χ2v) is 7.90.